The van der Waals surface area contributed by atoms with E-state index in [0.717, 1.165) is 42.2 Å². The van der Waals surface area contributed by atoms with Gasteiger partial charge in [0.1, 0.15) is 0 Å². The quantitative estimate of drug-likeness (QED) is 0.277. The first-order chi connectivity index (χ1) is 16.5. The van der Waals surface area contributed by atoms with Gasteiger partial charge in [-0.2, -0.15) is 0 Å². The molecule has 2 heteroatoms. The molecule has 0 saturated carbocycles. The fourth-order valence-electron chi connectivity index (χ4n) is 4.38. The van der Waals surface area contributed by atoms with Gasteiger partial charge in [0.15, 0.2) is 0 Å². The van der Waals surface area contributed by atoms with E-state index in [0.29, 0.717) is 0 Å². The molecule has 0 bridgehead atoms. The number of hydrogen-bond donors (Lipinski definition) is 1. The minimum Gasteiger partial charge on any atom is -0.367 e. The molecule has 0 saturated heterocycles. The van der Waals surface area contributed by atoms with Crippen molar-refractivity contribution in [2.24, 2.45) is 0 Å². The Kier molecular flexibility index (Phi) is 7.18. The summed E-state index contributed by atoms with van der Waals surface area (Å²) in [7, 11) is 0. The molecule has 0 radical (unpaired) electrons. The Bertz CT molecular complexity index is 1310. The Morgan fingerprint density at radius 1 is 0.853 bits per heavy atom. The molecule has 4 rings (SSSR count). The monoisotopic (exact) mass is 446 g/mol. The van der Waals surface area contributed by atoms with Crippen LogP contribution in [0.4, 0.5) is 5.69 Å². The van der Waals surface area contributed by atoms with E-state index in [1.807, 2.05) is 0 Å². The molecule has 0 fully saturated rings. The van der Waals surface area contributed by atoms with Gasteiger partial charge in [0, 0.05) is 35.7 Å². The number of hydrogen-bond acceptors (Lipinski definition) is 2. The number of fused-ring (bicyclic) bond motifs is 1. The first kappa shape index (κ1) is 23.4. The zero-order chi connectivity index (χ0) is 24.1. The van der Waals surface area contributed by atoms with Crippen LogP contribution >= 0.6 is 0 Å². The van der Waals surface area contributed by atoms with E-state index in [1.165, 1.54) is 33.0 Å². The van der Waals surface area contributed by atoms with E-state index in [2.05, 4.69) is 129 Å². The van der Waals surface area contributed by atoms with Crippen LogP contribution in [0.25, 0.3) is 22.2 Å². The normalized spacial score (nSPS) is 10.8. The van der Waals surface area contributed by atoms with Gasteiger partial charge in [-0.05, 0) is 59.9 Å². The smallest absolute Gasteiger partial charge is 0.0432 e. The summed E-state index contributed by atoms with van der Waals surface area (Å²) in [6.07, 6.45) is 1.07. The summed E-state index contributed by atoms with van der Waals surface area (Å²) in [5, 5.41) is 5.97. The van der Waals surface area contributed by atoms with Crippen LogP contribution in [0.3, 0.4) is 0 Å². The lowest BCUT2D eigenvalue weighted by Crippen LogP contribution is -2.22. The van der Waals surface area contributed by atoms with Gasteiger partial charge in [-0.25, -0.2) is 0 Å². The number of nitrogens with one attached hydrogen (secondary N) is 1. The maximum atomic E-state index is 4.52. The van der Waals surface area contributed by atoms with Crippen LogP contribution in [0.5, 0.6) is 0 Å². The van der Waals surface area contributed by atoms with Crippen LogP contribution in [-0.4, -0.2) is 11.4 Å². The maximum Gasteiger partial charge on any atom is 0.0432 e. The predicted octanol–water partition coefficient (Wildman–Crippen LogP) is 8.42. The summed E-state index contributed by atoms with van der Waals surface area (Å²) in [5.41, 5.74) is 9.16. The molecule has 172 valence electrons. The Hall–Kier alpha value is -3.78. The van der Waals surface area contributed by atoms with Gasteiger partial charge < -0.3 is 10.2 Å². The van der Waals surface area contributed by atoms with Crippen molar-refractivity contribution in [1.29, 1.82) is 0 Å². The third kappa shape index (κ3) is 5.23. The molecular formula is C32H34N2. The van der Waals surface area contributed by atoms with Gasteiger partial charge in [0.05, 0.1) is 0 Å². The molecule has 0 spiro atoms. The summed E-state index contributed by atoms with van der Waals surface area (Å²) < 4.78 is 0. The lowest BCUT2D eigenvalue weighted by Gasteiger charge is -2.28. The lowest BCUT2D eigenvalue weighted by molar-refractivity contribution is 0.390. The van der Waals surface area contributed by atoms with Crippen molar-refractivity contribution in [3.8, 4) is 0 Å². The Balaban J connectivity index is 1.53. The molecule has 0 aromatic heterocycles. The highest BCUT2D eigenvalue weighted by molar-refractivity contribution is 5.93. The highest BCUT2D eigenvalue weighted by Crippen LogP contribution is 2.29. The van der Waals surface area contributed by atoms with Gasteiger partial charge in [-0.3, -0.25) is 0 Å². The fraction of sp³-hybridized carbons (Fsp3) is 0.188. The summed E-state index contributed by atoms with van der Waals surface area (Å²) in [4.78, 5) is 2.41. The SMILES string of the molecule is C=C(Nc1ccc(CN(CCC)C(=C)c2cccc3ccccc23)c(C)c1)c1ccc(C)cc1. The number of benzene rings is 4. The van der Waals surface area contributed by atoms with Crippen LogP contribution in [0, 0.1) is 13.8 Å². The van der Waals surface area contributed by atoms with Crippen molar-refractivity contribution in [2.75, 3.05) is 11.9 Å². The van der Waals surface area contributed by atoms with Crippen LogP contribution in [0.1, 0.15) is 41.2 Å². The molecule has 0 unspecified atom stereocenters. The van der Waals surface area contributed by atoms with Crippen molar-refractivity contribution in [3.05, 3.63) is 126 Å². The average Bonchev–Trinajstić information content (AvgIpc) is 2.85. The largest absolute Gasteiger partial charge is 0.367 e. The third-order valence-electron chi connectivity index (χ3n) is 6.37. The van der Waals surface area contributed by atoms with E-state index in [-0.39, 0.29) is 0 Å². The Labute approximate surface area is 204 Å². The Morgan fingerprint density at radius 2 is 1.59 bits per heavy atom. The van der Waals surface area contributed by atoms with Crippen molar-refractivity contribution < 1.29 is 0 Å². The van der Waals surface area contributed by atoms with Crippen LogP contribution in [0.2, 0.25) is 0 Å². The zero-order valence-corrected chi connectivity index (χ0v) is 20.6. The minimum atomic E-state index is 0.834. The maximum absolute atomic E-state index is 4.52. The van der Waals surface area contributed by atoms with Crippen LogP contribution in [-0.2, 0) is 6.54 Å². The standard InChI is InChI=1S/C32H34N2/c1-6-20-34(26(5)31-13-9-11-28-10-7-8-12-32(28)31)22-29-18-19-30(21-24(29)3)33-25(4)27-16-14-23(2)15-17-27/h7-19,21,33H,4-6,20,22H2,1-3H3. The van der Waals surface area contributed by atoms with Crippen LogP contribution < -0.4 is 5.32 Å². The zero-order valence-electron chi connectivity index (χ0n) is 20.6. The van der Waals surface area contributed by atoms with E-state index in [1.54, 1.807) is 0 Å². The molecular weight excluding hydrogens is 412 g/mol. The molecule has 1 N–H and O–H groups in total. The summed E-state index contributed by atoms with van der Waals surface area (Å²) >= 11 is 0. The second-order valence-corrected chi connectivity index (χ2v) is 9.01. The molecule has 0 heterocycles. The van der Waals surface area contributed by atoms with Crippen molar-refractivity contribution in [1.82, 2.24) is 4.90 Å². The number of nitrogens with zero attached hydrogens (tertiary/aromatic N) is 1. The number of rotatable bonds is 9. The second kappa shape index (κ2) is 10.4. The summed E-state index contributed by atoms with van der Waals surface area (Å²) in [6.45, 7) is 17.0. The molecule has 0 amide bonds. The highest BCUT2D eigenvalue weighted by atomic mass is 15.1. The van der Waals surface area contributed by atoms with Crippen molar-refractivity contribution >= 4 is 27.9 Å². The lowest BCUT2D eigenvalue weighted by atomic mass is 10.0. The summed E-state index contributed by atoms with van der Waals surface area (Å²) in [6, 6.07) is 30.0. The highest BCUT2D eigenvalue weighted by Gasteiger charge is 2.14. The molecule has 0 aliphatic carbocycles. The first-order valence-corrected chi connectivity index (χ1v) is 12.0. The number of anilines is 1. The molecule has 4 aromatic rings. The predicted molar refractivity (Wildman–Crippen MR) is 149 cm³/mol. The second-order valence-electron chi connectivity index (χ2n) is 9.01. The molecule has 4 aromatic carbocycles. The van der Waals surface area contributed by atoms with Crippen molar-refractivity contribution in [3.63, 3.8) is 0 Å². The van der Waals surface area contributed by atoms with E-state index in [9.17, 15) is 0 Å². The molecule has 0 aliphatic heterocycles. The van der Waals surface area contributed by atoms with Gasteiger partial charge >= 0.3 is 0 Å². The molecule has 0 atom stereocenters. The van der Waals surface area contributed by atoms with E-state index in [4.69, 9.17) is 0 Å². The molecule has 0 aliphatic rings. The third-order valence-corrected chi connectivity index (χ3v) is 6.37. The van der Waals surface area contributed by atoms with Gasteiger partial charge in [0.25, 0.3) is 0 Å². The molecule has 34 heavy (non-hydrogen) atoms. The van der Waals surface area contributed by atoms with Gasteiger partial charge in [-0.15, -0.1) is 0 Å². The molecule has 2 nitrogen and oxygen atoms in total. The fourth-order valence-corrected chi connectivity index (χ4v) is 4.38. The van der Waals surface area contributed by atoms with E-state index < -0.39 is 0 Å². The van der Waals surface area contributed by atoms with Crippen LogP contribution in [0.15, 0.2) is 98.1 Å². The topological polar surface area (TPSA) is 15.3 Å². The average molecular weight is 447 g/mol. The summed E-state index contributed by atoms with van der Waals surface area (Å²) in [5.74, 6) is 0. The minimum absolute atomic E-state index is 0.834. The van der Waals surface area contributed by atoms with Gasteiger partial charge in [0.2, 0.25) is 0 Å². The van der Waals surface area contributed by atoms with Crippen molar-refractivity contribution in [2.45, 2.75) is 33.7 Å². The number of aryl methyl sites for hydroxylation is 2. The Morgan fingerprint density at radius 3 is 2.32 bits per heavy atom. The first-order valence-electron chi connectivity index (χ1n) is 12.0. The van der Waals surface area contributed by atoms with E-state index >= 15 is 0 Å². The van der Waals surface area contributed by atoms with Gasteiger partial charge in [-0.1, -0.05) is 98.4 Å².